The minimum Gasteiger partial charge on any atom is -0.492 e. The second-order valence-electron chi connectivity index (χ2n) is 7.83. The van der Waals surface area contributed by atoms with Crippen LogP contribution >= 0.6 is 0 Å². The summed E-state index contributed by atoms with van der Waals surface area (Å²) in [5, 5.41) is 0. The van der Waals surface area contributed by atoms with Gasteiger partial charge in [0, 0.05) is 18.5 Å². The molecule has 0 aliphatic carbocycles. The van der Waals surface area contributed by atoms with E-state index in [9.17, 15) is 4.79 Å². The molecule has 0 amide bonds. The maximum atomic E-state index is 12.9. The van der Waals surface area contributed by atoms with Gasteiger partial charge in [0.1, 0.15) is 24.2 Å². The summed E-state index contributed by atoms with van der Waals surface area (Å²) in [6, 6.07) is 15.5. The van der Waals surface area contributed by atoms with Crippen molar-refractivity contribution in [2.45, 2.75) is 31.8 Å². The Kier molecular flexibility index (Phi) is 5.17. The monoisotopic (exact) mass is 365 g/mol. The number of rotatable bonds is 3. The number of fused-ring (bicyclic) bond motifs is 1. The number of nitrogens with zero attached hydrogens (tertiary/aromatic N) is 1. The van der Waals surface area contributed by atoms with Gasteiger partial charge >= 0.3 is 0 Å². The number of ketones is 1. The number of hydrogen-bond donors (Lipinski definition) is 0. The lowest BCUT2D eigenvalue weighted by atomic mass is 9.89. The van der Waals surface area contributed by atoms with E-state index in [1.165, 1.54) is 0 Å². The van der Waals surface area contributed by atoms with Crippen LogP contribution in [0.25, 0.3) is 0 Å². The van der Waals surface area contributed by atoms with Crippen molar-refractivity contribution < 1.29 is 14.3 Å². The Morgan fingerprint density at radius 1 is 1.15 bits per heavy atom. The molecule has 1 saturated heterocycles. The summed E-state index contributed by atoms with van der Waals surface area (Å²) in [6.45, 7) is 4.79. The third kappa shape index (κ3) is 3.86. The molecule has 2 aromatic rings. The number of carbonyl (C=O) groups is 1. The highest BCUT2D eigenvalue weighted by atomic mass is 16.5. The molecule has 0 radical (unpaired) electrons. The molecule has 0 bridgehead atoms. The van der Waals surface area contributed by atoms with Gasteiger partial charge in [0.25, 0.3) is 0 Å². The quantitative estimate of drug-likeness (QED) is 0.819. The van der Waals surface area contributed by atoms with Crippen LogP contribution in [0.3, 0.4) is 0 Å². The number of benzene rings is 2. The van der Waals surface area contributed by atoms with Gasteiger partial charge in [-0.15, -0.1) is 0 Å². The summed E-state index contributed by atoms with van der Waals surface area (Å²) in [5.41, 5.74) is 1.65. The maximum absolute atomic E-state index is 12.9. The lowest BCUT2D eigenvalue weighted by Crippen LogP contribution is -2.31. The molecular formula is C23H27NO3. The van der Waals surface area contributed by atoms with Crippen LogP contribution in [-0.4, -0.2) is 43.5 Å². The minimum atomic E-state index is -0.233. The highest BCUT2D eigenvalue weighted by Crippen LogP contribution is 2.35. The Morgan fingerprint density at radius 3 is 2.78 bits per heavy atom. The molecule has 0 aromatic heterocycles. The van der Waals surface area contributed by atoms with Crippen molar-refractivity contribution >= 4 is 5.78 Å². The molecule has 0 N–H and O–H groups in total. The molecule has 0 saturated carbocycles. The van der Waals surface area contributed by atoms with Crippen molar-refractivity contribution in [1.29, 1.82) is 0 Å². The number of Topliss-reactive ketones (excluding diaryl/α,β-unsaturated/α-hetero) is 1. The van der Waals surface area contributed by atoms with Crippen molar-refractivity contribution in [1.82, 2.24) is 4.90 Å². The summed E-state index contributed by atoms with van der Waals surface area (Å²) in [4.78, 5) is 15.3. The van der Waals surface area contributed by atoms with Gasteiger partial charge in [-0.05, 0) is 44.1 Å². The number of ether oxygens (including phenoxy) is 2. The first-order valence-corrected chi connectivity index (χ1v) is 9.83. The fourth-order valence-corrected chi connectivity index (χ4v) is 4.17. The minimum absolute atomic E-state index is 0.124. The van der Waals surface area contributed by atoms with Crippen molar-refractivity contribution in [2.24, 2.45) is 5.92 Å². The molecule has 4 heteroatoms. The first kappa shape index (κ1) is 18.1. The maximum Gasteiger partial charge on any atom is 0.177 e. The van der Waals surface area contributed by atoms with Crippen molar-refractivity contribution in [3.8, 4) is 11.5 Å². The van der Waals surface area contributed by atoms with Gasteiger partial charge in [-0.2, -0.15) is 0 Å². The summed E-state index contributed by atoms with van der Waals surface area (Å²) < 4.78 is 12.2. The zero-order valence-corrected chi connectivity index (χ0v) is 16.1. The third-order valence-corrected chi connectivity index (χ3v) is 5.69. The van der Waals surface area contributed by atoms with E-state index in [-0.39, 0.29) is 17.8 Å². The summed E-state index contributed by atoms with van der Waals surface area (Å²) in [6.07, 6.45) is 2.40. The smallest absolute Gasteiger partial charge is 0.177 e. The van der Waals surface area contributed by atoms with Crippen LogP contribution in [0.1, 0.15) is 41.6 Å². The number of carbonyl (C=O) groups excluding carboxylic acids is 1. The van der Waals surface area contributed by atoms with Gasteiger partial charge in [-0.3, -0.25) is 4.79 Å². The van der Waals surface area contributed by atoms with Crippen LogP contribution in [-0.2, 0) is 0 Å². The highest BCUT2D eigenvalue weighted by Gasteiger charge is 2.31. The second kappa shape index (κ2) is 7.73. The fraction of sp³-hybridized carbons (Fsp3) is 0.435. The molecule has 3 unspecified atom stereocenters. The average molecular weight is 365 g/mol. The van der Waals surface area contributed by atoms with Gasteiger partial charge in [-0.25, -0.2) is 0 Å². The van der Waals surface area contributed by atoms with Gasteiger partial charge in [0.05, 0.1) is 11.5 Å². The molecule has 142 valence electrons. The number of hydrogen-bond acceptors (Lipinski definition) is 4. The molecule has 27 heavy (non-hydrogen) atoms. The molecule has 2 aromatic carbocycles. The predicted octanol–water partition coefficient (Wildman–Crippen LogP) is 4.15. The SMILES string of the molecule is CC1CN(C)CCCC1Oc1ccc2c(c1)OCC(c1ccccc1)C2=O. The molecule has 4 nitrogen and oxygen atoms in total. The first-order valence-electron chi connectivity index (χ1n) is 9.83. The van der Waals surface area contributed by atoms with E-state index >= 15 is 0 Å². The van der Waals surface area contributed by atoms with Crippen LogP contribution in [0.4, 0.5) is 0 Å². The lowest BCUT2D eigenvalue weighted by Gasteiger charge is -2.27. The Bertz CT molecular complexity index is 805. The van der Waals surface area contributed by atoms with E-state index in [0.717, 1.165) is 37.2 Å². The Morgan fingerprint density at radius 2 is 1.96 bits per heavy atom. The lowest BCUT2D eigenvalue weighted by molar-refractivity contribution is 0.0894. The van der Waals surface area contributed by atoms with Gasteiger partial charge in [-0.1, -0.05) is 37.3 Å². The third-order valence-electron chi connectivity index (χ3n) is 5.69. The highest BCUT2D eigenvalue weighted by molar-refractivity contribution is 6.04. The van der Waals surface area contributed by atoms with Crippen LogP contribution in [0.15, 0.2) is 48.5 Å². The largest absolute Gasteiger partial charge is 0.492 e. The molecule has 2 heterocycles. The Hall–Kier alpha value is -2.33. The van der Waals surface area contributed by atoms with Crippen LogP contribution in [0, 0.1) is 5.92 Å². The Labute approximate surface area is 161 Å². The normalized spacial score (nSPS) is 26.0. The van der Waals surface area contributed by atoms with E-state index in [2.05, 4.69) is 18.9 Å². The fourth-order valence-electron chi connectivity index (χ4n) is 4.17. The zero-order valence-electron chi connectivity index (χ0n) is 16.1. The Balaban J connectivity index is 1.51. The number of likely N-dealkylation sites (tertiary alicyclic amines) is 1. The van der Waals surface area contributed by atoms with E-state index in [4.69, 9.17) is 9.47 Å². The molecule has 4 rings (SSSR count). The zero-order chi connectivity index (χ0) is 18.8. The topological polar surface area (TPSA) is 38.8 Å². The van der Waals surface area contributed by atoms with Crippen LogP contribution in [0.2, 0.25) is 0 Å². The van der Waals surface area contributed by atoms with Crippen molar-refractivity contribution in [3.63, 3.8) is 0 Å². The van der Waals surface area contributed by atoms with Gasteiger partial charge in [0.15, 0.2) is 5.78 Å². The van der Waals surface area contributed by atoms with E-state index in [1.54, 1.807) is 0 Å². The molecular weight excluding hydrogens is 338 g/mol. The standard InChI is InChI=1S/C23H27NO3/c1-16-14-24(2)12-6-9-21(16)27-18-10-11-19-22(13-18)26-15-20(23(19)25)17-7-4-3-5-8-17/h3-5,7-8,10-11,13,16,20-21H,6,9,12,14-15H2,1-2H3. The van der Waals surface area contributed by atoms with Crippen molar-refractivity contribution in [2.75, 3.05) is 26.7 Å². The predicted molar refractivity (Wildman–Crippen MR) is 106 cm³/mol. The van der Waals surface area contributed by atoms with Crippen LogP contribution < -0.4 is 9.47 Å². The van der Waals surface area contributed by atoms with Gasteiger partial charge < -0.3 is 14.4 Å². The summed E-state index contributed by atoms with van der Waals surface area (Å²) in [5.74, 6) is 1.80. The van der Waals surface area contributed by atoms with E-state index < -0.39 is 0 Å². The van der Waals surface area contributed by atoms with E-state index in [1.807, 2.05) is 48.5 Å². The molecule has 3 atom stereocenters. The van der Waals surface area contributed by atoms with Crippen LogP contribution in [0.5, 0.6) is 11.5 Å². The summed E-state index contributed by atoms with van der Waals surface area (Å²) >= 11 is 0. The average Bonchev–Trinajstić information content (AvgIpc) is 2.83. The summed E-state index contributed by atoms with van der Waals surface area (Å²) in [7, 11) is 2.17. The second-order valence-corrected chi connectivity index (χ2v) is 7.83. The molecule has 2 aliphatic heterocycles. The first-order chi connectivity index (χ1) is 13.1. The van der Waals surface area contributed by atoms with Crippen molar-refractivity contribution in [3.05, 3.63) is 59.7 Å². The molecule has 1 fully saturated rings. The molecule has 0 spiro atoms. The van der Waals surface area contributed by atoms with E-state index in [0.29, 0.717) is 23.8 Å². The molecule has 2 aliphatic rings. The van der Waals surface area contributed by atoms with Gasteiger partial charge in [0.2, 0.25) is 0 Å².